The Morgan fingerprint density at radius 1 is 1.27 bits per heavy atom. The molecule has 0 saturated carbocycles. The maximum absolute atomic E-state index is 13.2. The lowest BCUT2D eigenvalue weighted by Crippen LogP contribution is -2.31. The Kier molecular flexibility index (Phi) is 5.08. The van der Waals surface area contributed by atoms with Crippen molar-refractivity contribution in [3.05, 3.63) is 41.7 Å². The van der Waals surface area contributed by atoms with Gasteiger partial charge in [0.1, 0.15) is 11.5 Å². The van der Waals surface area contributed by atoms with Crippen molar-refractivity contribution in [2.24, 2.45) is 7.05 Å². The fourth-order valence-corrected chi connectivity index (χ4v) is 3.05. The van der Waals surface area contributed by atoms with Gasteiger partial charge >= 0.3 is 0 Å². The Balaban J connectivity index is 1.82. The van der Waals surface area contributed by atoms with Crippen LogP contribution in [0, 0.1) is 5.82 Å². The van der Waals surface area contributed by atoms with Gasteiger partial charge in [-0.2, -0.15) is 5.10 Å². The molecular weight excluding hydrogens is 357 g/mol. The number of nitrogens with zero attached hydrogens (tertiary/aromatic N) is 3. The zero-order chi connectivity index (χ0) is 18.7. The molecule has 7 nitrogen and oxygen atoms in total. The molecule has 3 aromatic rings. The fourth-order valence-electron chi connectivity index (χ4n) is 2.32. The summed E-state index contributed by atoms with van der Waals surface area (Å²) in [6, 6.07) is 6.07. The molecule has 1 aromatic carbocycles. The molecule has 0 aliphatic rings. The minimum Gasteiger partial charge on any atom is -0.347 e. The van der Waals surface area contributed by atoms with E-state index in [1.807, 2.05) is 6.20 Å². The number of anilines is 1. The number of hydrogen-bond donors (Lipinski definition) is 2. The summed E-state index contributed by atoms with van der Waals surface area (Å²) in [6.07, 6.45) is 1.82. The smallest absolute Gasteiger partial charge is 0.245 e. The zero-order valence-corrected chi connectivity index (χ0v) is 14.9. The summed E-state index contributed by atoms with van der Waals surface area (Å²) in [4.78, 5) is 27.0. The van der Waals surface area contributed by atoms with Crippen molar-refractivity contribution in [3.8, 4) is 22.5 Å². The molecule has 2 heterocycles. The molecule has 0 fully saturated rings. The van der Waals surface area contributed by atoms with Gasteiger partial charge < -0.3 is 10.6 Å². The summed E-state index contributed by atoms with van der Waals surface area (Å²) < 4.78 is 14.8. The number of benzene rings is 1. The van der Waals surface area contributed by atoms with E-state index >= 15 is 0 Å². The average Bonchev–Trinajstić information content (AvgIpc) is 3.20. The number of aromatic nitrogens is 3. The normalized spacial score (nSPS) is 10.6. The van der Waals surface area contributed by atoms with Crippen LogP contribution in [0.15, 0.2) is 35.8 Å². The minimum absolute atomic E-state index is 0.113. The lowest BCUT2D eigenvalue weighted by molar-refractivity contribution is -0.122. The second kappa shape index (κ2) is 7.44. The SMILES string of the molecule is CC(=O)NCC(=O)Nc1nc(-c2cn(C)nc2-c2ccc(F)cc2)cs1. The number of amides is 2. The van der Waals surface area contributed by atoms with Crippen LogP contribution in [0.5, 0.6) is 0 Å². The van der Waals surface area contributed by atoms with Crippen LogP contribution < -0.4 is 10.6 Å². The van der Waals surface area contributed by atoms with Crippen molar-refractivity contribution in [1.29, 1.82) is 0 Å². The van der Waals surface area contributed by atoms with Crippen LogP contribution in [-0.2, 0) is 16.6 Å². The largest absolute Gasteiger partial charge is 0.347 e. The van der Waals surface area contributed by atoms with Crippen LogP contribution in [0.3, 0.4) is 0 Å². The fraction of sp³-hybridized carbons (Fsp3) is 0.176. The summed E-state index contributed by atoms with van der Waals surface area (Å²) in [5.41, 5.74) is 2.87. The lowest BCUT2D eigenvalue weighted by Gasteiger charge is -2.02. The predicted octanol–water partition coefficient (Wildman–Crippen LogP) is 2.42. The van der Waals surface area contributed by atoms with Gasteiger partial charge in [-0.25, -0.2) is 9.37 Å². The third-order valence-corrected chi connectivity index (χ3v) is 4.23. The van der Waals surface area contributed by atoms with Gasteiger partial charge in [-0.05, 0) is 24.3 Å². The average molecular weight is 373 g/mol. The molecule has 0 aliphatic carbocycles. The van der Waals surface area contributed by atoms with Crippen LogP contribution in [-0.4, -0.2) is 33.1 Å². The van der Waals surface area contributed by atoms with E-state index < -0.39 is 0 Å². The Labute approximate surface area is 152 Å². The van der Waals surface area contributed by atoms with Gasteiger partial charge in [-0.1, -0.05) is 0 Å². The van der Waals surface area contributed by atoms with Gasteiger partial charge in [0.05, 0.1) is 12.2 Å². The number of thiazole rings is 1. The topological polar surface area (TPSA) is 88.9 Å². The Morgan fingerprint density at radius 2 is 2.00 bits per heavy atom. The van der Waals surface area contributed by atoms with Crippen LogP contribution >= 0.6 is 11.3 Å². The monoisotopic (exact) mass is 373 g/mol. The lowest BCUT2D eigenvalue weighted by atomic mass is 10.1. The number of carbonyl (C=O) groups is 2. The number of hydrogen-bond acceptors (Lipinski definition) is 5. The highest BCUT2D eigenvalue weighted by Gasteiger charge is 2.16. The van der Waals surface area contributed by atoms with Gasteiger partial charge in [0.15, 0.2) is 5.13 Å². The molecule has 0 radical (unpaired) electrons. The van der Waals surface area contributed by atoms with Crippen LogP contribution in [0.1, 0.15) is 6.92 Å². The summed E-state index contributed by atoms with van der Waals surface area (Å²) in [5.74, 6) is -0.950. The number of nitrogens with one attached hydrogen (secondary N) is 2. The van der Waals surface area contributed by atoms with E-state index in [0.29, 0.717) is 16.5 Å². The van der Waals surface area contributed by atoms with E-state index in [-0.39, 0.29) is 24.2 Å². The van der Waals surface area contributed by atoms with E-state index in [1.54, 1.807) is 29.2 Å². The number of rotatable bonds is 5. The van der Waals surface area contributed by atoms with Crippen molar-refractivity contribution in [1.82, 2.24) is 20.1 Å². The predicted molar refractivity (Wildman–Crippen MR) is 97.0 cm³/mol. The van der Waals surface area contributed by atoms with Gasteiger partial charge in [0.25, 0.3) is 0 Å². The van der Waals surface area contributed by atoms with Gasteiger partial charge in [-0.15, -0.1) is 11.3 Å². The second-order valence-electron chi connectivity index (χ2n) is 5.57. The molecule has 0 spiro atoms. The molecule has 2 N–H and O–H groups in total. The van der Waals surface area contributed by atoms with Crippen LogP contribution in [0.2, 0.25) is 0 Å². The van der Waals surface area contributed by atoms with Crippen molar-refractivity contribution in [2.45, 2.75) is 6.92 Å². The van der Waals surface area contributed by atoms with E-state index in [0.717, 1.165) is 11.1 Å². The molecule has 0 saturated heterocycles. The molecule has 3 rings (SSSR count). The Hall–Kier alpha value is -3.07. The first kappa shape index (κ1) is 17.7. The Morgan fingerprint density at radius 3 is 2.69 bits per heavy atom. The molecule has 9 heteroatoms. The molecule has 0 bridgehead atoms. The van der Waals surface area contributed by atoms with Crippen molar-refractivity contribution in [3.63, 3.8) is 0 Å². The maximum Gasteiger partial charge on any atom is 0.245 e. The summed E-state index contributed by atoms with van der Waals surface area (Å²) in [5, 5.41) is 11.7. The Bertz CT molecular complexity index is 948. The van der Waals surface area contributed by atoms with E-state index in [1.165, 1.54) is 30.4 Å². The number of aryl methyl sites for hydroxylation is 1. The van der Waals surface area contributed by atoms with Crippen molar-refractivity contribution >= 4 is 28.3 Å². The van der Waals surface area contributed by atoms with E-state index in [9.17, 15) is 14.0 Å². The van der Waals surface area contributed by atoms with Crippen LogP contribution in [0.4, 0.5) is 9.52 Å². The minimum atomic E-state index is -0.356. The molecular formula is C17H16FN5O2S. The first-order valence-corrected chi connectivity index (χ1v) is 8.60. The molecule has 2 aromatic heterocycles. The molecule has 134 valence electrons. The quantitative estimate of drug-likeness (QED) is 0.719. The zero-order valence-electron chi connectivity index (χ0n) is 14.1. The van der Waals surface area contributed by atoms with Crippen LogP contribution in [0.25, 0.3) is 22.5 Å². The van der Waals surface area contributed by atoms with Crippen molar-refractivity contribution in [2.75, 3.05) is 11.9 Å². The van der Waals surface area contributed by atoms with Gasteiger partial charge in [-0.3, -0.25) is 14.3 Å². The molecule has 0 unspecified atom stereocenters. The highest BCUT2D eigenvalue weighted by Crippen LogP contribution is 2.32. The van der Waals surface area contributed by atoms with E-state index in [2.05, 4.69) is 20.7 Å². The summed E-state index contributed by atoms with van der Waals surface area (Å²) in [7, 11) is 1.79. The number of halogens is 1. The second-order valence-corrected chi connectivity index (χ2v) is 6.43. The first-order chi connectivity index (χ1) is 12.4. The van der Waals surface area contributed by atoms with Gasteiger partial charge in [0, 0.05) is 36.7 Å². The maximum atomic E-state index is 13.2. The first-order valence-electron chi connectivity index (χ1n) is 7.72. The molecule has 0 aliphatic heterocycles. The number of carbonyl (C=O) groups excluding carboxylic acids is 2. The summed E-state index contributed by atoms with van der Waals surface area (Å²) in [6.45, 7) is 1.23. The third-order valence-electron chi connectivity index (χ3n) is 3.47. The third kappa shape index (κ3) is 4.12. The molecule has 2 amide bonds. The molecule has 0 atom stereocenters. The van der Waals surface area contributed by atoms with E-state index in [4.69, 9.17) is 0 Å². The van der Waals surface area contributed by atoms with Gasteiger partial charge in [0.2, 0.25) is 11.8 Å². The highest BCUT2D eigenvalue weighted by molar-refractivity contribution is 7.14. The highest BCUT2D eigenvalue weighted by atomic mass is 32.1. The summed E-state index contributed by atoms with van der Waals surface area (Å²) >= 11 is 1.27. The van der Waals surface area contributed by atoms with Crippen molar-refractivity contribution < 1.29 is 14.0 Å². The molecule has 26 heavy (non-hydrogen) atoms. The standard InChI is InChI=1S/C17H16FN5O2S/c1-10(24)19-7-15(25)21-17-20-14(9-26-17)13-8-23(2)22-16(13)11-3-5-12(18)6-4-11/h3-6,8-9H,7H2,1-2H3,(H,19,24)(H,20,21,25).